The number of benzene rings is 1. The van der Waals surface area contributed by atoms with Crippen molar-refractivity contribution in [2.45, 2.75) is 0 Å². The second-order valence-corrected chi connectivity index (χ2v) is 5.15. The molecule has 0 aliphatic rings. The summed E-state index contributed by atoms with van der Waals surface area (Å²) in [6, 6.07) is 9.04. The van der Waals surface area contributed by atoms with Crippen LogP contribution in [-0.2, 0) is 0 Å². The Balaban J connectivity index is 2.06. The third-order valence-corrected chi connectivity index (χ3v) is 3.42. The van der Waals surface area contributed by atoms with E-state index in [1.54, 1.807) is 24.5 Å². The summed E-state index contributed by atoms with van der Waals surface area (Å²) < 4.78 is 0. The lowest BCUT2D eigenvalue weighted by molar-refractivity contribution is -0.384. The topological polar surface area (TPSA) is 122 Å². The third kappa shape index (κ3) is 3.75. The minimum Gasteiger partial charge on any atom is -0.316 e. The maximum Gasteiger partial charge on any atom is 0.272 e. The van der Waals surface area contributed by atoms with Gasteiger partial charge in [0.1, 0.15) is 10.7 Å². The maximum atomic E-state index is 12.2. The molecular formula is C17H12N4O4. The van der Waals surface area contributed by atoms with Crippen molar-refractivity contribution < 1.29 is 4.92 Å². The van der Waals surface area contributed by atoms with Crippen molar-refractivity contribution in [3.63, 3.8) is 0 Å². The lowest BCUT2D eigenvalue weighted by Crippen LogP contribution is -2.46. The Labute approximate surface area is 140 Å². The van der Waals surface area contributed by atoms with E-state index in [1.807, 2.05) is 0 Å². The fourth-order valence-electron chi connectivity index (χ4n) is 2.18. The van der Waals surface area contributed by atoms with Gasteiger partial charge < -0.3 is 9.97 Å². The number of H-pyrrole nitrogens is 2. The van der Waals surface area contributed by atoms with E-state index >= 15 is 0 Å². The highest BCUT2D eigenvalue weighted by Crippen LogP contribution is 2.11. The standard InChI is InChI=1S/C17H12N4O4/c22-16-14(9-11-1-3-13(4-2-11)21(24)25)19-17(23)15(20-16)10-12-5-7-18-8-6-12/h1-10H,(H,19,23)(H,20,22)/b14-9+,15-10+. The zero-order valence-electron chi connectivity index (χ0n) is 12.8. The molecule has 8 heteroatoms. The van der Waals surface area contributed by atoms with Crippen LogP contribution in [0.5, 0.6) is 0 Å². The van der Waals surface area contributed by atoms with Crippen LogP contribution in [0.2, 0.25) is 0 Å². The van der Waals surface area contributed by atoms with Gasteiger partial charge in [0.25, 0.3) is 16.8 Å². The van der Waals surface area contributed by atoms with Crippen LogP contribution in [0.4, 0.5) is 5.69 Å². The quantitative estimate of drug-likeness (QED) is 0.516. The van der Waals surface area contributed by atoms with Gasteiger partial charge in [0.05, 0.1) is 4.92 Å². The van der Waals surface area contributed by atoms with Gasteiger partial charge in [0.15, 0.2) is 0 Å². The van der Waals surface area contributed by atoms with Crippen LogP contribution in [0.25, 0.3) is 12.2 Å². The molecular weight excluding hydrogens is 324 g/mol. The number of aromatic nitrogens is 3. The number of aromatic amines is 2. The number of hydrogen-bond acceptors (Lipinski definition) is 5. The van der Waals surface area contributed by atoms with Gasteiger partial charge in [-0.05, 0) is 47.5 Å². The van der Waals surface area contributed by atoms with Crippen molar-refractivity contribution in [1.29, 1.82) is 0 Å². The van der Waals surface area contributed by atoms with E-state index in [1.165, 1.54) is 36.4 Å². The molecule has 0 bridgehead atoms. The second-order valence-electron chi connectivity index (χ2n) is 5.15. The first-order valence-corrected chi connectivity index (χ1v) is 7.23. The van der Waals surface area contributed by atoms with Crippen LogP contribution in [0.1, 0.15) is 11.1 Å². The summed E-state index contributed by atoms with van der Waals surface area (Å²) in [5.41, 5.74) is 0.297. The molecule has 0 atom stereocenters. The Kier molecular flexibility index (Phi) is 4.34. The van der Waals surface area contributed by atoms with Gasteiger partial charge in [-0.3, -0.25) is 24.7 Å². The number of nitro benzene ring substituents is 1. The predicted molar refractivity (Wildman–Crippen MR) is 91.4 cm³/mol. The van der Waals surface area contributed by atoms with Crippen molar-refractivity contribution in [2.75, 3.05) is 0 Å². The van der Waals surface area contributed by atoms with Gasteiger partial charge in [0.2, 0.25) is 0 Å². The lowest BCUT2D eigenvalue weighted by atomic mass is 10.2. The molecule has 0 unspecified atom stereocenters. The molecule has 0 fully saturated rings. The van der Waals surface area contributed by atoms with E-state index in [0.29, 0.717) is 5.56 Å². The number of nitrogens with one attached hydrogen (secondary N) is 2. The van der Waals surface area contributed by atoms with Crippen LogP contribution in [0, 0.1) is 10.1 Å². The second kappa shape index (κ2) is 6.75. The summed E-state index contributed by atoms with van der Waals surface area (Å²) >= 11 is 0. The zero-order valence-corrected chi connectivity index (χ0v) is 12.8. The van der Waals surface area contributed by atoms with E-state index in [0.717, 1.165) is 5.56 Å². The van der Waals surface area contributed by atoms with Crippen LogP contribution < -0.4 is 21.8 Å². The smallest absolute Gasteiger partial charge is 0.272 e. The number of nitrogens with zero attached hydrogens (tertiary/aromatic N) is 2. The molecule has 3 rings (SSSR count). The molecule has 0 aliphatic carbocycles. The minimum atomic E-state index is -0.512. The van der Waals surface area contributed by atoms with E-state index in [2.05, 4.69) is 15.0 Å². The van der Waals surface area contributed by atoms with Crippen LogP contribution in [0.15, 0.2) is 58.4 Å². The SMILES string of the molecule is O=c1[nH]/c(=C/c2ccc([N+](=O)[O-])cc2)c(=O)[nH]/c1=C/c1ccncc1. The van der Waals surface area contributed by atoms with E-state index in [4.69, 9.17) is 0 Å². The summed E-state index contributed by atoms with van der Waals surface area (Å²) in [7, 11) is 0. The van der Waals surface area contributed by atoms with Gasteiger partial charge in [0, 0.05) is 24.5 Å². The first kappa shape index (κ1) is 16.1. The Morgan fingerprint density at radius 2 is 1.32 bits per heavy atom. The summed E-state index contributed by atoms with van der Waals surface area (Å²) in [6.07, 6.45) is 6.14. The average Bonchev–Trinajstić information content (AvgIpc) is 2.60. The molecule has 0 aliphatic heterocycles. The van der Waals surface area contributed by atoms with E-state index in [-0.39, 0.29) is 16.4 Å². The molecule has 8 nitrogen and oxygen atoms in total. The third-order valence-electron chi connectivity index (χ3n) is 3.42. The minimum absolute atomic E-state index is 0.0538. The average molecular weight is 336 g/mol. The predicted octanol–water partition coefficient (Wildman–Crippen LogP) is 0.0240. The molecule has 0 amide bonds. The van der Waals surface area contributed by atoms with Gasteiger partial charge in [-0.15, -0.1) is 0 Å². The Morgan fingerprint density at radius 1 is 0.840 bits per heavy atom. The molecule has 2 aromatic heterocycles. The Morgan fingerprint density at radius 3 is 1.80 bits per heavy atom. The fraction of sp³-hybridized carbons (Fsp3) is 0. The molecule has 0 saturated heterocycles. The van der Waals surface area contributed by atoms with Crippen LogP contribution in [0.3, 0.4) is 0 Å². The summed E-state index contributed by atoms with van der Waals surface area (Å²) in [4.78, 5) is 43.4. The van der Waals surface area contributed by atoms with Crippen molar-refractivity contribution in [2.24, 2.45) is 0 Å². The maximum absolute atomic E-state index is 12.2. The summed E-state index contributed by atoms with van der Waals surface area (Å²) in [6.45, 7) is 0. The molecule has 0 saturated carbocycles. The zero-order chi connectivity index (χ0) is 17.8. The van der Waals surface area contributed by atoms with Crippen molar-refractivity contribution in [3.05, 3.63) is 101 Å². The molecule has 3 aromatic rings. The number of rotatable bonds is 3. The normalized spacial score (nSPS) is 12.3. The first-order valence-electron chi connectivity index (χ1n) is 7.23. The molecule has 124 valence electrons. The molecule has 0 spiro atoms. The van der Waals surface area contributed by atoms with Crippen LogP contribution in [-0.4, -0.2) is 19.9 Å². The van der Waals surface area contributed by atoms with Gasteiger partial charge >= 0.3 is 0 Å². The van der Waals surface area contributed by atoms with Crippen molar-refractivity contribution >= 4 is 17.8 Å². The van der Waals surface area contributed by atoms with E-state index < -0.39 is 16.0 Å². The lowest BCUT2D eigenvalue weighted by Gasteiger charge is -1.95. The van der Waals surface area contributed by atoms with Gasteiger partial charge in [-0.25, -0.2) is 0 Å². The summed E-state index contributed by atoms with van der Waals surface area (Å²) in [5.74, 6) is 0. The van der Waals surface area contributed by atoms with Crippen LogP contribution >= 0.6 is 0 Å². The number of nitro groups is 1. The first-order chi connectivity index (χ1) is 12.0. The monoisotopic (exact) mass is 336 g/mol. The van der Waals surface area contributed by atoms with Gasteiger partial charge in [-0.2, -0.15) is 0 Å². The molecule has 0 radical (unpaired) electrons. The Bertz CT molecular complexity index is 1150. The van der Waals surface area contributed by atoms with E-state index in [9.17, 15) is 19.7 Å². The highest BCUT2D eigenvalue weighted by atomic mass is 16.6. The fourth-order valence-corrected chi connectivity index (χ4v) is 2.18. The molecule has 25 heavy (non-hydrogen) atoms. The highest BCUT2D eigenvalue weighted by molar-refractivity contribution is 5.51. The van der Waals surface area contributed by atoms with Crippen molar-refractivity contribution in [3.8, 4) is 0 Å². The Hall–Kier alpha value is -3.81. The molecule has 2 N–H and O–H groups in total. The summed E-state index contributed by atoms with van der Waals surface area (Å²) in [5, 5.41) is 10.8. The molecule has 2 heterocycles. The van der Waals surface area contributed by atoms with Crippen molar-refractivity contribution in [1.82, 2.24) is 15.0 Å². The number of pyridine rings is 1. The highest BCUT2D eigenvalue weighted by Gasteiger charge is 2.03. The largest absolute Gasteiger partial charge is 0.316 e. The molecule has 1 aromatic carbocycles. The number of hydrogen-bond donors (Lipinski definition) is 2. The van der Waals surface area contributed by atoms with Gasteiger partial charge in [-0.1, -0.05) is 0 Å². The number of non-ortho nitro benzene ring substituents is 1.